The van der Waals surface area contributed by atoms with E-state index in [4.69, 9.17) is 0 Å². The fraction of sp³-hybridized carbons (Fsp3) is 0.688. The van der Waals surface area contributed by atoms with Gasteiger partial charge in [0.15, 0.2) is 0 Å². The largest absolute Gasteiger partial charge is 0.390 e. The molecule has 0 aliphatic heterocycles. The lowest BCUT2D eigenvalue weighted by molar-refractivity contribution is 0.265. The maximum atomic E-state index is 9.22. The van der Waals surface area contributed by atoms with Crippen LogP contribution in [0.5, 0.6) is 0 Å². The lowest BCUT2D eigenvalue weighted by Crippen LogP contribution is -2.34. The van der Waals surface area contributed by atoms with Crippen LogP contribution in [0.25, 0.3) is 0 Å². The first-order valence-electron chi connectivity index (χ1n) is 7.51. The highest BCUT2D eigenvalue weighted by atomic mass is 33.1. The van der Waals surface area contributed by atoms with E-state index in [1.807, 2.05) is 33.7 Å². The standard InChI is InChI=1S/C16H28N2O2S2/c1-16(2,22-21-4)12-18(3)7-5-6-13-8-14(10-19)17-15(9-13)11-20/h8-9,19-20H,5-7,10-12H2,1-4H3. The second kappa shape index (κ2) is 9.78. The lowest BCUT2D eigenvalue weighted by Gasteiger charge is -2.28. The van der Waals surface area contributed by atoms with Gasteiger partial charge in [-0.1, -0.05) is 21.6 Å². The smallest absolute Gasteiger partial charge is 0.0853 e. The Morgan fingerprint density at radius 1 is 1.18 bits per heavy atom. The molecule has 1 aromatic heterocycles. The van der Waals surface area contributed by atoms with Gasteiger partial charge in [0.25, 0.3) is 0 Å². The molecular formula is C16H28N2O2S2. The molecule has 2 N–H and O–H groups in total. The SMILES string of the molecule is CSSC(C)(C)CN(C)CCCc1cc(CO)nc(CO)c1. The van der Waals surface area contributed by atoms with Crippen molar-refractivity contribution >= 4 is 21.6 Å². The molecule has 0 aliphatic rings. The topological polar surface area (TPSA) is 56.6 Å². The number of aryl methyl sites for hydroxylation is 1. The molecule has 1 rings (SSSR count). The molecule has 4 nitrogen and oxygen atoms in total. The molecule has 6 heteroatoms. The van der Waals surface area contributed by atoms with Crippen molar-refractivity contribution in [2.45, 2.75) is 44.6 Å². The molecule has 0 bridgehead atoms. The summed E-state index contributed by atoms with van der Waals surface area (Å²) in [7, 11) is 5.89. The van der Waals surface area contributed by atoms with E-state index < -0.39 is 0 Å². The molecule has 0 unspecified atom stereocenters. The van der Waals surface area contributed by atoms with Gasteiger partial charge in [0, 0.05) is 11.3 Å². The predicted molar refractivity (Wildman–Crippen MR) is 97.1 cm³/mol. The molecule has 0 aliphatic carbocycles. The van der Waals surface area contributed by atoms with Gasteiger partial charge >= 0.3 is 0 Å². The Hall–Kier alpha value is -0.270. The Kier molecular flexibility index (Phi) is 8.79. The van der Waals surface area contributed by atoms with E-state index in [-0.39, 0.29) is 18.0 Å². The molecule has 0 fully saturated rings. The monoisotopic (exact) mass is 344 g/mol. The number of hydrogen-bond acceptors (Lipinski definition) is 6. The highest BCUT2D eigenvalue weighted by Crippen LogP contribution is 2.33. The van der Waals surface area contributed by atoms with Gasteiger partial charge in [-0.3, -0.25) is 4.98 Å². The second-order valence-corrected chi connectivity index (χ2v) is 9.23. The quantitative estimate of drug-likeness (QED) is 0.637. The van der Waals surface area contributed by atoms with Crippen LogP contribution in [-0.4, -0.2) is 51.2 Å². The lowest BCUT2D eigenvalue weighted by atomic mass is 10.1. The van der Waals surface area contributed by atoms with Gasteiger partial charge in [0.1, 0.15) is 0 Å². The molecule has 0 spiro atoms. The molecule has 22 heavy (non-hydrogen) atoms. The van der Waals surface area contributed by atoms with E-state index in [1.54, 1.807) is 0 Å². The Balaban J connectivity index is 2.46. The van der Waals surface area contributed by atoms with E-state index in [0.29, 0.717) is 11.4 Å². The van der Waals surface area contributed by atoms with E-state index in [0.717, 1.165) is 31.5 Å². The molecule has 0 saturated carbocycles. The molecule has 0 aromatic carbocycles. The summed E-state index contributed by atoms with van der Waals surface area (Å²) in [4.78, 5) is 6.53. The van der Waals surface area contributed by atoms with E-state index in [9.17, 15) is 10.2 Å². The fourth-order valence-corrected chi connectivity index (χ4v) is 4.80. The molecular weight excluding hydrogens is 316 g/mol. The Bertz CT molecular complexity index is 434. The van der Waals surface area contributed by atoms with Gasteiger partial charge < -0.3 is 15.1 Å². The van der Waals surface area contributed by atoms with Crippen LogP contribution in [0, 0.1) is 0 Å². The highest BCUT2D eigenvalue weighted by Gasteiger charge is 2.20. The summed E-state index contributed by atoms with van der Waals surface area (Å²) in [6.07, 6.45) is 4.10. The van der Waals surface area contributed by atoms with Crippen LogP contribution < -0.4 is 0 Å². The predicted octanol–water partition coefficient (Wildman–Crippen LogP) is 2.72. The second-order valence-electron chi connectivity index (χ2n) is 6.13. The van der Waals surface area contributed by atoms with Crippen LogP contribution in [0.15, 0.2) is 12.1 Å². The first kappa shape index (κ1) is 19.8. The third kappa shape index (κ3) is 7.33. The first-order valence-corrected chi connectivity index (χ1v) is 10.1. The average molecular weight is 345 g/mol. The van der Waals surface area contributed by atoms with Crippen LogP contribution in [0.1, 0.15) is 37.2 Å². The summed E-state index contributed by atoms with van der Waals surface area (Å²) in [6, 6.07) is 3.85. The van der Waals surface area contributed by atoms with Crippen LogP contribution in [0.4, 0.5) is 0 Å². The van der Waals surface area contributed by atoms with Crippen LogP contribution in [0.2, 0.25) is 0 Å². The zero-order chi connectivity index (χ0) is 16.6. The number of aliphatic hydroxyl groups is 2. The summed E-state index contributed by atoms with van der Waals surface area (Å²) in [6.45, 7) is 6.47. The van der Waals surface area contributed by atoms with Gasteiger partial charge in [-0.05, 0) is 64.2 Å². The summed E-state index contributed by atoms with van der Waals surface area (Å²) in [5, 5.41) is 18.4. The first-order chi connectivity index (χ1) is 10.4. The van der Waals surface area contributed by atoms with Crippen molar-refractivity contribution in [3.8, 4) is 0 Å². The van der Waals surface area contributed by atoms with Crippen LogP contribution in [-0.2, 0) is 19.6 Å². The van der Waals surface area contributed by atoms with E-state index in [1.165, 1.54) is 0 Å². The van der Waals surface area contributed by atoms with Crippen molar-refractivity contribution in [3.63, 3.8) is 0 Å². The van der Waals surface area contributed by atoms with E-state index >= 15 is 0 Å². The summed E-state index contributed by atoms with van der Waals surface area (Å²) in [5.41, 5.74) is 2.40. The number of aliphatic hydroxyl groups excluding tert-OH is 2. The Morgan fingerprint density at radius 2 is 1.77 bits per heavy atom. The van der Waals surface area contributed by atoms with Gasteiger partial charge in [-0.2, -0.15) is 0 Å². The number of pyridine rings is 1. The van der Waals surface area contributed by atoms with Gasteiger partial charge in [-0.25, -0.2) is 0 Å². The van der Waals surface area contributed by atoms with Crippen molar-refractivity contribution in [1.29, 1.82) is 0 Å². The van der Waals surface area contributed by atoms with Crippen LogP contribution in [0.3, 0.4) is 0 Å². The average Bonchev–Trinajstić information content (AvgIpc) is 2.46. The minimum Gasteiger partial charge on any atom is -0.390 e. The number of aromatic nitrogens is 1. The van der Waals surface area contributed by atoms with Crippen molar-refractivity contribution < 1.29 is 10.2 Å². The zero-order valence-electron chi connectivity index (χ0n) is 14.0. The Morgan fingerprint density at radius 3 is 2.27 bits per heavy atom. The minimum atomic E-state index is -0.0825. The third-order valence-electron chi connectivity index (χ3n) is 3.28. The van der Waals surface area contributed by atoms with Crippen molar-refractivity contribution in [2.75, 3.05) is 26.4 Å². The number of hydrogen-bond donors (Lipinski definition) is 2. The molecule has 0 saturated heterocycles. The minimum absolute atomic E-state index is 0.0825. The van der Waals surface area contributed by atoms with Gasteiger partial charge in [0.05, 0.1) is 24.6 Å². The normalized spacial score (nSPS) is 12.1. The van der Waals surface area contributed by atoms with Crippen LogP contribution >= 0.6 is 21.6 Å². The highest BCUT2D eigenvalue weighted by molar-refractivity contribution is 8.76. The maximum Gasteiger partial charge on any atom is 0.0853 e. The molecule has 126 valence electrons. The zero-order valence-corrected chi connectivity index (χ0v) is 15.6. The van der Waals surface area contributed by atoms with E-state index in [2.05, 4.69) is 37.0 Å². The molecule has 0 atom stereocenters. The number of nitrogens with zero attached hydrogens (tertiary/aromatic N) is 2. The summed E-state index contributed by atoms with van der Waals surface area (Å²) >= 11 is 0. The molecule has 1 heterocycles. The fourth-order valence-electron chi connectivity index (χ4n) is 2.56. The molecule has 0 amide bonds. The third-order valence-corrected chi connectivity index (χ3v) is 5.88. The van der Waals surface area contributed by atoms with Gasteiger partial charge in [-0.15, -0.1) is 0 Å². The Labute approximate surface area is 142 Å². The van der Waals surface area contributed by atoms with Gasteiger partial charge in [0.2, 0.25) is 0 Å². The summed E-state index contributed by atoms with van der Waals surface area (Å²) < 4.78 is 0.249. The number of rotatable bonds is 10. The van der Waals surface area contributed by atoms with Crippen molar-refractivity contribution in [2.24, 2.45) is 0 Å². The van der Waals surface area contributed by atoms with Crippen molar-refractivity contribution in [3.05, 3.63) is 29.1 Å². The molecule has 1 aromatic rings. The molecule has 0 radical (unpaired) electrons. The van der Waals surface area contributed by atoms with Crippen molar-refractivity contribution in [1.82, 2.24) is 9.88 Å². The maximum absolute atomic E-state index is 9.22. The summed E-state index contributed by atoms with van der Waals surface area (Å²) in [5.74, 6) is 0.